The lowest BCUT2D eigenvalue weighted by Gasteiger charge is -2.11. The van der Waals surface area contributed by atoms with Gasteiger partial charge in [-0.05, 0) is 0 Å². The van der Waals surface area contributed by atoms with Gasteiger partial charge in [-0.2, -0.15) is 8.42 Å². The first-order chi connectivity index (χ1) is 8.92. The highest BCUT2D eigenvalue weighted by atomic mass is 32.2. The fourth-order valence-electron chi connectivity index (χ4n) is 1.49. The van der Waals surface area contributed by atoms with Crippen LogP contribution < -0.4 is 0 Å². The van der Waals surface area contributed by atoms with Crippen LogP contribution in [-0.2, 0) is 24.0 Å². The predicted octanol–water partition coefficient (Wildman–Crippen LogP) is 0.237. The highest BCUT2D eigenvalue weighted by molar-refractivity contribution is 8.02. The topological polar surface area (TPSA) is 97.8 Å². The molecule has 8 heteroatoms. The van der Waals surface area contributed by atoms with Crippen LogP contribution in [0.2, 0.25) is 0 Å². The van der Waals surface area contributed by atoms with Gasteiger partial charge in [0.25, 0.3) is 11.8 Å². The van der Waals surface area contributed by atoms with Crippen molar-refractivity contribution in [3.8, 4) is 0 Å². The molecule has 0 atom stereocenters. The molecule has 1 saturated heterocycles. The standard InChI is InChI=1S/C11H9NO6S/c13-9-6-7-10(14)12(9)18-19(16,17)11(15)8-4-2-1-3-5-8/h1-5H,6-7H2. The van der Waals surface area contributed by atoms with E-state index in [0.717, 1.165) is 0 Å². The van der Waals surface area contributed by atoms with Crippen molar-refractivity contribution in [2.24, 2.45) is 0 Å². The molecule has 0 saturated carbocycles. The van der Waals surface area contributed by atoms with E-state index in [2.05, 4.69) is 4.28 Å². The average molecular weight is 283 g/mol. The van der Waals surface area contributed by atoms with Gasteiger partial charge in [0.05, 0.1) is 0 Å². The lowest BCUT2D eigenvalue weighted by Crippen LogP contribution is -2.34. The van der Waals surface area contributed by atoms with Crippen LogP contribution in [0.4, 0.5) is 0 Å². The van der Waals surface area contributed by atoms with Crippen molar-refractivity contribution in [2.45, 2.75) is 12.8 Å². The zero-order chi connectivity index (χ0) is 14.0. The monoisotopic (exact) mass is 283 g/mol. The molecule has 19 heavy (non-hydrogen) atoms. The second kappa shape index (κ2) is 4.90. The zero-order valence-corrected chi connectivity index (χ0v) is 10.4. The van der Waals surface area contributed by atoms with E-state index in [0.29, 0.717) is 0 Å². The van der Waals surface area contributed by atoms with Crippen LogP contribution in [0.15, 0.2) is 30.3 Å². The van der Waals surface area contributed by atoms with Gasteiger partial charge in [0.15, 0.2) is 0 Å². The molecule has 1 aromatic rings. The maximum Gasteiger partial charge on any atom is 0.357 e. The Morgan fingerprint density at radius 1 is 1.05 bits per heavy atom. The van der Waals surface area contributed by atoms with Crippen LogP contribution >= 0.6 is 0 Å². The Labute approximate surface area is 108 Å². The number of rotatable bonds is 3. The summed E-state index contributed by atoms with van der Waals surface area (Å²) in [7, 11) is -4.72. The quantitative estimate of drug-likeness (QED) is 0.737. The van der Waals surface area contributed by atoms with E-state index in [-0.39, 0.29) is 23.5 Å². The number of amides is 2. The van der Waals surface area contributed by atoms with E-state index in [9.17, 15) is 22.8 Å². The van der Waals surface area contributed by atoms with Gasteiger partial charge in [-0.15, -0.1) is 9.35 Å². The molecule has 7 nitrogen and oxygen atoms in total. The first-order valence-corrected chi connectivity index (χ1v) is 6.72. The predicted molar refractivity (Wildman–Crippen MR) is 61.9 cm³/mol. The minimum absolute atomic E-state index is 0.110. The van der Waals surface area contributed by atoms with Crippen LogP contribution in [0.25, 0.3) is 0 Å². The van der Waals surface area contributed by atoms with Crippen LogP contribution in [0.3, 0.4) is 0 Å². The fraction of sp³-hybridized carbons (Fsp3) is 0.182. The second-order valence-corrected chi connectivity index (χ2v) is 5.19. The largest absolute Gasteiger partial charge is 0.357 e. The van der Waals surface area contributed by atoms with Gasteiger partial charge in [0.2, 0.25) is 0 Å². The summed E-state index contributed by atoms with van der Waals surface area (Å²) in [5, 5.41) is -1.18. The molecule has 1 aliphatic rings. The summed E-state index contributed by atoms with van der Waals surface area (Å²) < 4.78 is 27.6. The SMILES string of the molecule is O=C1CCC(=O)N1OS(=O)(=O)C(=O)c1ccccc1. The summed E-state index contributed by atoms with van der Waals surface area (Å²) in [5.41, 5.74) is -0.110. The van der Waals surface area contributed by atoms with E-state index in [1.807, 2.05) is 0 Å². The first-order valence-electron chi connectivity index (χ1n) is 5.31. The number of nitrogens with zero attached hydrogens (tertiary/aromatic N) is 1. The van der Waals surface area contributed by atoms with Crippen LogP contribution in [0.1, 0.15) is 23.2 Å². The molecule has 1 aromatic carbocycles. The number of imide groups is 1. The molecule has 0 aromatic heterocycles. The van der Waals surface area contributed by atoms with Gasteiger partial charge in [0, 0.05) is 18.4 Å². The number of hydroxylamine groups is 2. The zero-order valence-electron chi connectivity index (χ0n) is 9.61. The molecule has 0 aliphatic carbocycles. The van der Waals surface area contributed by atoms with Crippen molar-refractivity contribution in [3.63, 3.8) is 0 Å². The maximum atomic E-state index is 11.7. The Morgan fingerprint density at radius 2 is 1.58 bits per heavy atom. The highest BCUT2D eigenvalue weighted by Gasteiger charge is 2.37. The molecule has 0 radical (unpaired) electrons. The van der Waals surface area contributed by atoms with Crippen molar-refractivity contribution in [1.29, 1.82) is 0 Å². The first kappa shape index (κ1) is 13.4. The summed E-state index contributed by atoms with van der Waals surface area (Å²) in [6.45, 7) is 0. The van der Waals surface area contributed by atoms with Gasteiger partial charge >= 0.3 is 15.2 Å². The lowest BCUT2D eigenvalue weighted by molar-refractivity contribution is -0.163. The molecule has 2 rings (SSSR count). The van der Waals surface area contributed by atoms with E-state index < -0.39 is 27.0 Å². The van der Waals surface area contributed by atoms with Gasteiger partial charge in [-0.25, -0.2) is 0 Å². The second-order valence-electron chi connectivity index (χ2n) is 3.76. The highest BCUT2D eigenvalue weighted by Crippen LogP contribution is 2.16. The molecular weight excluding hydrogens is 274 g/mol. The third-order valence-corrected chi connectivity index (χ3v) is 3.45. The van der Waals surface area contributed by atoms with Crippen molar-refractivity contribution >= 4 is 27.0 Å². The van der Waals surface area contributed by atoms with Crippen LogP contribution in [0, 0.1) is 0 Å². The summed E-state index contributed by atoms with van der Waals surface area (Å²) >= 11 is 0. The van der Waals surface area contributed by atoms with Crippen molar-refractivity contribution in [1.82, 2.24) is 5.06 Å². The van der Waals surface area contributed by atoms with Crippen molar-refractivity contribution < 1.29 is 27.1 Å². The van der Waals surface area contributed by atoms with Gasteiger partial charge in [0.1, 0.15) is 0 Å². The third-order valence-electron chi connectivity index (χ3n) is 2.41. The summed E-state index contributed by atoms with van der Waals surface area (Å²) in [4.78, 5) is 34.2. The molecule has 2 amide bonds. The number of carbonyl (C=O) groups excluding carboxylic acids is 3. The number of hydrogen-bond donors (Lipinski definition) is 0. The average Bonchev–Trinajstić information content (AvgIpc) is 2.70. The lowest BCUT2D eigenvalue weighted by atomic mass is 10.2. The number of carbonyl (C=O) groups is 3. The molecule has 1 fully saturated rings. The number of hydrogen-bond acceptors (Lipinski definition) is 6. The van der Waals surface area contributed by atoms with Crippen molar-refractivity contribution in [3.05, 3.63) is 35.9 Å². The summed E-state index contributed by atoms with van der Waals surface area (Å²) in [6, 6.07) is 7.15. The summed E-state index contributed by atoms with van der Waals surface area (Å²) in [5.74, 6) is -1.57. The minimum atomic E-state index is -4.72. The Hall–Kier alpha value is -2.06. The molecule has 1 heterocycles. The van der Waals surface area contributed by atoms with E-state index in [1.165, 1.54) is 24.3 Å². The van der Waals surface area contributed by atoms with Crippen LogP contribution in [0.5, 0.6) is 0 Å². The molecule has 100 valence electrons. The fourth-order valence-corrected chi connectivity index (χ4v) is 2.34. The smallest absolute Gasteiger partial charge is 0.273 e. The van der Waals surface area contributed by atoms with Gasteiger partial charge in [-0.3, -0.25) is 14.4 Å². The minimum Gasteiger partial charge on any atom is -0.273 e. The molecule has 0 spiro atoms. The molecule has 0 bridgehead atoms. The Morgan fingerprint density at radius 3 is 2.11 bits per heavy atom. The maximum absolute atomic E-state index is 11.7. The third kappa shape index (κ3) is 2.69. The molecule has 0 unspecified atom stereocenters. The van der Waals surface area contributed by atoms with Gasteiger partial charge in [-0.1, -0.05) is 30.3 Å². The van der Waals surface area contributed by atoms with Crippen molar-refractivity contribution in [2.75, 3.05) is 0 Å². The normalized spacial score (nSPS) is 15.9. The van der Waals surface area contributed by atoms with Crippen LogP contribution in [-0.4, -0.2) is 30.4 Å². The Balaban J connectivity index is 2.22. The Bertz CT molecular complexity index is 620. The van der Waals surface area contributed by atoms with E-state index in [4.69, 9.17) is 0 Å². The van der Waals surface area contributed by atoms with E-state index in [1.54, 1.807) is 6.07 Å². The molecular formula is C11H9NO6S. The van der Waals surface area contributed by atoms with Gasteiger partial charge < -0.3 is 0 Å². The van der Waals surface area contributed by atoms with E-state index >= 15 is 0 Å². The molecule has 1 aliphatic heterocycles. The Kier molecular flexibility index (Phi) is 3.45. The number of benzene rings is 1. The molecule has 0 N–H and O–H groups in total. The summed E-state index contributed by atoms with van der Waals surface area (Å²) in [6.07, 6.45) is -0.262.